The van der Waals surface area contributed by atoms with Gasteiger partial charge in [0.2, 0.25) is 6.23 Å². The molecule has 0 saturated carbocycles. The molecule has 0 spiro atoms. The molecule has 2 aromatic carbocycles. The van der Waals surface area contributed by atoms with Gasteiger partial charge in [-0.15, -0.1) is 0 Å². The smallest absolute Gasteiger partial charge is 0.213 e. The molecule has 0 amide bonds. The number of aryl methyl sites for hydroxylation is 2. The summed E-state index contributed by atoms with van der Waals surface area (Å²) >= 11 is 6.30. The molecule has 2 aliphatic rings. The summed E-state index contributed by atoms with van der Waals surface area (Å²) in [7, 11) is 0. The van der Waals surface area contributed by atoms with Gasteiger partial charge < -0.3 is 4.74 Å². The standard InChI is InChI=1S/C23H20ClN3O/c1-14-3-4-15(2)18(11-14)20-13-21-19-12-17(24)5-6-22(19)28-23(27(21)26-20)16-7-9-25-10-8-16/h3-12,21,23H,13H2,1-2H3. The SMILES string of the molecule is Cc1ccc(C)c(C2=NN3C(C2)c2cc(Cl)ccc2OC3c2ccncc2)c1. The molecule has 0 fully saturated rings. The number of hydrogen-bond donors (Lipinski definition) is 0. The summed E-state index contributed by atoms with van der Waals surface area (Å²) < 4.78 is 6.36. The molecule has 0 saturated heterocycles. The van der Waals surface area contributed by atoms with Crippen LogP contribution >= 0.6 is 11.6 Å². The lowest BCUT2D eigenvalue weighted by Gasteiger charge is -2.38. The minimum Gasteiger partial charge on any atom is -0.464 e. The third-order valence-electron chi connectivity index (χ3n) is 5.45. The first-order chi connectivity index (χ1) is 13.6. The fraction of sp³-hybridized carbons (Fsp3) is 0.217. The summed E-state index contributed by atoms with van der Waals surface area (Å²) in [6.07, 6.45) is 4.11. The maximum atomic E-state index is 6.36. The quantitative estimate of drug-likeness (QED) is 0.573. The molecule has 4 nitrogen and oxygen atoms in total. The Labute approximate surface area is 169 Å². The van der Waals surface area contributed by atoms with Gasteiger partial charge in [0.05, 0.1) is 11.8 Å². The largest absolute Gasteiger partial charge is 0.464 e. The predicted molar refractivity (Wildman–Crippen MR) is 111 cm³/mol. The van der Waals surface area contributed by atoms with E-state index in [-0.39, 0.29) is 12.3 Å². The fourth-order valence-electron chi connectivity index (χ4n) is 4.02. The van der Waals surface area contributed by atoms with Crippen LogP contribution in [0, 0.1) is 13.8 Å². The Morgan fingerprint density at radius 2 is 1.86 bits per heavy atom. The van der Waals surface area contributed by atoms with E-state index in [1.165, 1.54) is 16.7 Å². The van der Waals surface area contributed by atoms with Crippen molar-refractivity contribution >= 4 is 17.3 Å². The first-order valence-electron chi connectivity index (χ1n) is 9.39. The van der Waals surface area contributed by atoms with Crippen molar-refractivity contribution in [2.24, 2.45) is 5.10 Å². The van der Waals surface area contributed by atoms with E-state index in [1.54, 1.807) is 12.4 Å². The van der Waals surface area contributed by atoms with Crippen molar-refractivity contribution in [3.63, 3.8) is 0 Å². The Kier molecular flexibility index (Phi) is 4.09. The zero-order chi connectivity index (χ0) is 19.3. The average Bonchev–Trinajstić information content (AvgIpc) is 3.15. The highest BCUT2D eigenvalue weighted by Crippen LogP contribution is 2.48. The van der Waals surface area contributed by atoms with Crippen LogP contribution in [-0.2, 0) is 0 Å². The minimum atomic E-state index is -0.288. The summed E-state index contributed by atoms with van der Waals surface area (Å²) in [5.74, 6) is 0.866. The number of ether oxygens (including phenoxy) is 1. The van der Waals surface area contributed by atoms with Crippen molar-refractivity contribution in [1.82, 2.24) is 9.99 Å². The predicted octanol–water partition coefficient (Wildman–Crippen LogP) is 5.59. The Morgan fingerprint density at radius 1 is 1.04 bits per heavy atom. The van der Waals surface area contributed by atoms with Crippen LogP contribution < -0.4 is 4.74 Å². The van der Waals surface area contributed by atoms with Gasteiger partial charge in [-0.05, 0) is 55.8 Å². The minimum absolute atomic E-state index is 0.0931. The van der Waals surface area contributed by atoms with E-state index < -0.39 is 0 Å². The Hall–Kier alpha value is -2.85. The molecule has 3 aromatic rings. The number of halogens is 1. The topological polar surface area (TPSA) is 37.7 Å². The first kappa shape index (κ1) is 17.3. The number of hydrogen-bond acceptors (Lipinski definition) is 4. The highest BCUT2D eigenvalue weighted by Gasteiger charge is 2.41. The zero-order valence-corrected chi connectivity index (χ0v) is 16.5. The van der Waals surface area contributed by atoms with Crippen molar-refractivity contribution < 1.29 is 4.74 Å². The highest BCUT2D eigenvalue weighted by molar-refractivity contribution is 6.30. The Bertz CT molecular complexity index is 1080. The summed E-state index contributed by atoms with van der Waals surface area (Å²) in [6, 6.07) is 16.4. The van der Waals surface area contributed by atoms with Crippen LogP contribution in [0.25, 0.3) is 0 Å². The summed E-state index contributed by atoms with van der Waals surface area (Å²) in [6.45, 7) is 4.25. The number of hydrazone groups is 1. The normalized spacial score (nSPS) is 20.2. The molecule has 5 heteroatoms. The summed E-state index contributed by atoms with van der Waals surface area (Å²) in [4.78, 5) is 4.14. The molecule has 28 heavy (non-hydrogen) atoms. The second-order valence-corrected chi connectivity index (χ2v) is 7.83. The van der Waals surface area contributed by atoms with Crippen LogP contribution in [0.4, 0.5) is 0 Å². The molecule has 140 valence electrons. The van der Waals surface area contributed by atoms with Crippen molar-refractivity contribution in [1.29, 1.82) is 0 Å². The molecule has 3 heterocycles. The molecule has 0 bridgehead atoms. The van der Waals surface area contributed by atoms with Gasteiger partial charge in [0.15, 0.2) is 0 Å². The van der Waals surface area contributed by atoms with Crippen molar-refractivity contribution in [3.05, 3.63) is 93.8 Å². The number of fused-ring (bicyclic) bond motifs is 3. The Morgan fingerprint density at radius 3 is 2.68 bits per heavy atom. The lowest BCUT2D eigenvalue weighted by atomic mass is 9.93. The fourth-order valence-corrected chi connectivity index (χ4v) is 4.20. The maximum Gasteiger partial charge on any atom is 0.213 e. The van der Waals surface area contributed by atoms with E-state index in [4.69, 9.17) is 21.4 Å². The van der Waals surface area contributed by atoms with Gasteiger partial charge in [-0.2, -0.15) is 5.10 Å². The van der Waals surface area contributed by atoms with E-state index >= 15 is 0 Å². The molecule has 0 radical (unpaired) electrons. The Balaban J connectivity index is 1.63. The van der Waals surface area contributed by atoms with E-state index in [0.717, 1.165) is 29.0 Å². The molecule has 0 N–H and O–H groups in total. The van der Waals surface area contributed by atoms with E-state index in [9.17, 15) is 0 Å². The molecule has 5 rings (SSSR count). The van der Waals surface area contributed by atoms with Gasteiger partial charge in [0, 0.05) is 40.5 Å². The third kappa shape index (κ3) is 2.85. The highest BCUT2D eigenvalue weighted by atomic mass is 35.5. The number of aromatic nitrogens is 1. The molecule has 1 aromatic heterocycles. The van der Waals surface area contributed by atoms with Crippen molar-refractivity contribution in [2.75, 3.05) is 0 Å². The lowest BCUT2D eigenvalue weighted by Crippen LogP contribution is -2.33. The number of rotatable bonds is 2. The maximum absolute atomic E-state index is 6.36. The molecule has 2 unspecified atom stereocenters. The summed E-state index contributed by atoms with van der Waals surface area (Å²) in [5, 5.41) is 7.82. The molecule has 0 aliphatic carbocycles. The second kappa shape index (κ2) is 6.64. The van der Waals surface area contributed by atoms with E-state index in [1.807, 2.05) is 30.3 Å². The average molecular weight is 390 g/mol. The van der Waals surface area contributed by atoms with Crippen LogP contribution in [0.3, 0.4) is 0 Å². The molecule has 2 atom stereocenters. The lowest BCUT2D eigenvalue weighted by molar-refractivity contribution is -0.0190. The van der Waals surface area contributed by atoms with Crippen molar-refractivity contribution in [2.45, 2.75) is 32.5 Å². The zero-order valence-electron chi connectivity index (χ0n) is 15.8. The van der Waals surface area contributed by atoms with Gasteiger partial charge in [-0.1, -0.05) is 29.3 Å². The molecular formula is C23H20ClN3O. The van der Waals surface area contributed by atoms with Crippen LogP contribution in [0.1, 0.15) is 46.5 Å². The van der Waals surface area contributed by atoms with Gasteiger partial charge in [0.25, 0.3) is 0 Å². The van der Waals surface area contributed by atoms with Gasteiger partial charge in [0.1, 0.15) is 5.75 Å². The van der Waals surface area contributed by atoms with Crippen LogP contribution in [0.2, 0.25) is 5.02 Å². The van der Waals surface area contributed by atoms with Gasteiger partial charge in [-0.3, -0.25) is 4.98 Å². The number of benzene rings is 2. The van der Waals surface area contributed by atoms with Crippen molar-refractivity contribution in [3.8, 4) is 5.75 Å². The number of nitrogens with zero attached hydrogens (tertiary/aromatic N) is 3. The first-order valence-corrected chi connectivity index (χ1v) is 9.77. The molecule has 2 aliphatic heterocycles. The van der Waals surface area contributed by atoms with Gasteiger partial charge >= 0.3 is 0 Å². The monoisotopic (exact) mass is 389 g/mol. The molecular weight excluding hydrogens is 370 g/mol. The third-order valence-corrected chi connectivity index (χ3v) is 5.68. The number of pyridine rings is 1. The van der Waals surface area contributed by atoms with E-state index in [2.05, 4.69) is 42.0 Å². The summed E-state index contributed by atoms with van der Waals surface area (Å²) in [5.41, 5.74) is 6.87. The second-order valence-electron chi connectivity index (χ2n) is 7.40. The van der Waals surface area contributed by atoms with E-state index in [0.29, 0.717) is 5.02 Å². The van der Waals surface area contributed by atoms with Crippen LogP contribution in [0.15, 0.2) is 66.0 Å². The van der Waals surface area contributed by atoms with Crippen LogP contribution in [-0.4, -0.2) is 15.7 Å². The van der Waals surface area contributed by atoms with Crippen LogP contribution in [0.5, 0.6) is 5.75 Å². The van der Waals surface area contributed by atoms with Gasteiger partial charge in [-0.25, -0.2) is 5.01 Å².